The Labute approximate surface area is 112 Å². The third-order valence-corrected chi connectivity index (χ3v) is 3.23. The summed E-state index contributed by atoms with van der Waals surface area (Å²) in [6.07, 6.45) is 6.88. The minimum absolute atomic E-state index is 0.996. The normalized spacial score (nSPS) is 11.3. The van der Waals surface area contributed by atoms with Crippen LogP contribution >= 0.6 is 0 Å². The Hall–Kier alpha value is -0.800. The van der Waals surface area contributed by atoms with Crippen LogP contribution in [-0.4, -0.2) is 31.6 Å². The highest BCUT2D eigenvalue weighted by atomic mass is 16.3. The first-order valence-electron chi connectivity index (χ1n) is 7.16. The summed E-state index contributed by atoms with van der Waals surface area (Å²) in [6.45, 7) is 8.72. The maximum Gasteiger partial charge on any atom is 0.105 e. The summed E-state index contributed by atoms with van der Waals surface area (Å²) in [4.78, 5) is 2.37. The zero-order valence-electron chi connectivity index (χ0n) is 12.2. The van der Waals surface area contributed by atoms with Gasteiger partial charge in [-0.15, -0.1) is 0 Å². The molecule has 1 N–H and O–H groups in total. The Morgan fingerprint density at radius 2 is 2.06 bits per heavy atom. The molecule has 0 saturated heterocycles. The molecule has 0 aromatic carbocycles. The van der Waals surface area contributed by atoms with Gasteiger partial charge in [0.15, 0.2) is 0 Å². The first-order valence-corrected chi connectivity index (χ1v) is 7.16. The van der Waals surface area contributed by atoms with Gasteiger partial charge in [0.25, 0.3) is 0 Å². The van der Waals surface area contributed by atoms with Gasteiger partial charge in [-0.25, -0.2) is 0 Å². The van der Waals surface area contributed by atoms with E-state index < -0.39 is 0 Å². The molecule has 1 rings (SSSR count). The molecule has 3 heteroatoms. The van der Waals surface area contributed by atoms with Gasteiger partial charge in [-0.05, 0) is 58.9 Å². The van der Waals surface area contributed by atoms with E-state index in [0.29, 0.717) is 0 Å². The molecule has 0 aliphatic carbocycles. The zero-order valence-corrected chi connectivity index (χ0v) is 12.2. The Morgan fingerprint density at radius 3 is 2.72 bits per heavy atom. The predicted molar refractivity (Wildman–Crippen MR) is 76.8 cm³/mol. The summed E-state index contributed by atoms with van der Waals surface area (Å²) in [5.41, 5.74) is 1.31. The van der Waals surface area contributed by atoms with Crippen molar-refractivity contribution in [3.8, 4) is 0 Å². The van der Waals surface area contributed by atoms with Gasteiger partial charge in [-0.1, -0.05) is 13.3 Å². The van der Waals surface area contributed by atoms with E-state index in [-0.39, 0.29) is 0 Å². The molecule has 0 unspecified atom stereocenters. The van der Waals surface area contributed by atoms with Gasteiger partial charge in [0, 0.05) is 12.1 Å². The second kappa shape index (κ2) is 9.17. The predicted octanol–water partition coefficient (Wildman–Crippen LogP) is 3.19. The number of unbranched alkanes of at least 4 members (excludes halogenated alkanes) is 2. The van der Waals surface area contributed by atoms with E-state index in [9.17, 15) is 0 Å². The van der Waals surface area contributed by atoms with Crippen molar-refractivity contribution in [1.29, 1.82) is 0 Å². The minimum atomic E-state index is 0.996. The highest BCUT2D eigenvalue weighted by Gasteiger charge is 2.04. The lowest BCUT2D eigenvalue weighted by atomic mass is 10.2. The van der Waals surface area contributed by atoms with E-state index in [4.69, 9.17) is 4.42 Å². The van der Waals surface area contributed by atoms with Gasteiger partial charge in [0.2, 0.25) is 0 Å². The molecule has 0 spiro atoms. The lowest BCUT2D eigenvalue weighted by molar-refractivity contribution is 0.314. The van der Waals surface area contributed by atoms with Crippen LogP contribution in [0.5, 0.6) is 0 Å². The highest BCUT2D eigenvalue weighted by Crippen LogP contribution is 2.11. The van der Waals surface area contributed by atoms with Crippen LogP contribution < -0.4 is 5.32 Å². The summed E-state index contributed by atoms with van der Waals surface area (Å²) in [5.74, 6) is 1.05. The van der Waals surface area contributed by atoms with Gasteiger partial charge < -0.3 is 14.6 Å². The SMILES string of the molecule is CCCNCCCCCN(C)Cc1ccoc1C. The third kappa shape index (κ3) is 6.22. The Balaban J connectivity index is 2.00. The molecule has 1 aromatic rings. The van der Waals surface area contributed by atoms with E-state index in [0.717, 1.165) is 18.8 Å². The monoisotopic (exact) mass is 252 g/mol. The number of hydrogen-bond donors (Lipinski definition) is 1. The van der Waals surface area contributed by atoms with Crippen molar-refractivity contribution >= 4 is 0 Å². The molecule has 0 fully saturated rings. The van der Waals surface area contributed by atoms with Crippen LogP contribution in [0.1, 0.15) is 43.9 Å². The molecule has 1 aromatic heterocycles. The Morgan fingerprint density at radius 1 is 1.22 bits per heavy atom. The third-order valence-electron chi connectivity index (χ3n) is 3.23. The van der Waals surface area contributed by atoms with Gasteiger partial charge >= 0.3 is 0 Å². The van der Waals surface area contributed by atoms with Crippen LogP contribution in [0.15, 0.2) is 16.7 Å². The quantitative estimate of drug-likeness (QED) is 0.648. The van der Waals surface area contributed by atoms with E-state index >= 15 is 0 Å². The number of nitrogens with zero attached hydrogens (tertiary/aromatic N) is 1. The van der Waals surface area contributed by atoms with Crippen molar-refractivity contribution in [3.05, 3.63) is 23.7 Å². The minimum Gasteiger partial charge on any atom is -0.469 e. The molecule has 0 bridgehead atoms. The van der Waals surface area contributed by atoms with Crippen molar-refractivity contribution in [2.45, 2.75) is 46.1 Å². The fourth-order valence-electron chi connectivity index (χ4n) is 2.06. The molecule has 0 atom stereocenters. The molecule has 0 saturated carbocycles. The topological polar surface area (TPSA) is 28.4 Å². The molecule has 3 nitrogen and oxygen atoms in total. The van der Waals surface area contributed by atoms with Crippen LogP contribution in [-0.2, 0) is 6.54 Å². The average Bonchev–Trinajstić information content (AvgIpc) is 2.74. The van der Waals surface area contributed by atoms with Crippen LogP contribution in [0, 0.1) is 6.92 Å². The largest absolute Gasteiger partial charge is 0.469 e. The van der Waals surface area contributed by atoms with Crippen LogP contribution in [0.3, 0.4) is 0 Å². The van der Waals surface area contributed by atoms with Crippen LogP contribution in [0.4, 0.5) is 0 Å². The lowest BCUT2D eigenvalue weighted by Gasteiger charge is -2.15. The van der Waals surface area contributed by atoms with E-state index in [2.05, 4.69) is 30.3 Å². The molecule has 0 amide bonds. The fraction of sp³-hybridized carbons (Fsp3) is 0.733. The lowest BCUT2D eigenvalue weighted by Crippen LogP contribution is -2.20. The summed E-state index contributed by atoms with van der Waals surface area (Å²) in [5, 5.41) is 3.44. The van der Waals surface area contributed by atoms with Crippen LogP contribution in [0.2, 0.25) is 0 Å². The Bertz CT molecular complexity index is 309. The van der Waals surface area contributed by atoms with Crippen molar-refractivity contribution in [1.82, 2.24) is 10.2 Å². The van der Waals surface area contributed by atoms with E-state index in [1.165, 1.54) is 44.3 Å². The molecule has 0 aliphatic heterocycles. The van der Waals surface area contributed by atoms with E-state index in [1.54, 1.807) is 6.26 Å². The highest BCUT2D eigenvalue weighted by molar-refractivity contribution is 5.14. The van der Waals surface area contributed by atoms with E-state index in [1.807, 2.05) is 6.92 Å². The number of nitrogens with one attached hydrogen (secondary N) is 1. The zero-order chi connectivity index (χ0) is 13.2. The molecule has 104 valence electrons. The number of rotatable bonds is 10. The average molecular weight is 252 g/mol. The van der Waals surface area contributed by atoms with Gasteiger partial charge in [-0.2, -0.15) is 0 Å². The standard InChI is InChI=1S/C15H28N2O/c1-4-9-16-10-6-5-7-11-17(3)13-15-8-12-18-14(15)2/h8,12,16H,4-7,9-11,13H2,1-3H3. The number of aryl methyl sites for hydroxylation is 1. The van der Waals surface area contributed by atoms with Crippen molar-refractivity contribution < 1.29 is 4.42 Å². The van der Waals surface area contributed by atoms with Gasteiger partial charge in [0.1, 0.15) is 5.76 Å². The maximum atomic E-state index is 5.31. The Kier molecular flexibility index (Phi) is 7.78. The van der Waals surface area contributed by atoms with Gasteiger partial charge in [-0.3, -0.25) is 0 Å². The molecule has 0 radical (unpaired) electrons. The first-order chi connectivity index (χ1) is 8.74. The molecular weight excluding hydrogens is 224 g/mol. The van der Waals surface area contributed by atoms with Crippen molar-refractivity contribution in [2.24, 2.45) is 0 Å². The summed E-state index contributed by atoms with van der Waals surface area (Å²) < 4.78 is 5.31. The van der Waals surface area contributed by atoms with Crippen molar-refractivity contribution in [3.63, 3.8) is 0 Å². The fourth-order valence-corrected chi connectivity index (χ4v) is 2.06. The summed E-state index contributed by atoms with van der Waals surface area (Å²) >= 11 is 0. The molecular formula is C15H28N2O. The van der Waals surface area contributed by atoms with Crippen LogP contribution in [0.25, 0.3) is 0 Å². The second-order valence-corrected chi connectivity index (χ2v) is 5.05. The first kappa shape index (κ1) is 15.3. The number of hydrogen-bond acceptors (Lipinski definition) is 3. The molecule has 1 heterocycles. The smallest absolute Gasteiger partial charge is 0.105 e. The maximum absolute atomic E-state index is 5.31. The molecule has 0 aliphatic rings. The molecule has 18 heavy (non-hydrogen) atoms. The van der Waals surface area contributed by atoms with Gasteiger partial charge in [0.05, 0.1) is 6.26 Å². The summed E-state index contributed by atoms with van der Waals surface area (Å²) in [7, 11) is 2.18. The van der Waals surface area contributed by atoms with Crippen molar-refractivity contribution in [2.75, 3.05) is 26.7 Å². The second-order valence-electron chi connectivity index (χ2n) is 5.05. The number of furan rings is 1. The summed E-state index contributed by atoms with van der Waals surface area (Å²) in [6, 6.07) is 2.07.